The van der Waals surface area contributed by atoms with E-state index in [2.05, 4.69) is 9.97 Å². The Morgan fingerprint density at radius 2 is 2.18 bits per heavy atom. The number of pyridine rings is 1. The molecule has 6 heteroatoms. The van der Waals surface area contributed by atoms with E-state index in [-0.39, 0.29) is 12.2 Å². The summed E-state index contributed by atoms with van der Waals surface area (Å²) in [6.45, 7) is 0. The third-order valence-electron chi connectivity index (χ3n) is 2.17. The fraction of sp³-hybridized carbons (Fsp3) is 0.0909. The van der Waals surface area contributed by atoms with Crippen molar-refractivity contribution in [1.82, 2.24) is 14.5 Å². The Morgan fingerprint density at radius 3 is 2.82 bits per heavy atom. The highest BCUT2D eigenvalue weighted by Crippen LogP contribution is 2.08. The lowest BCUT2D eigenvalue weighted by molar-refractivity contribution is -0.117. The van der Waals surface area contributed by atoms with Crippen molar-refractivity contribution in [1.29, 1.82) is 0 Å². The number of hydrogen-bond acceptors (Lipinski definition) is 4. The average Bonchev–Trinajstić information content (AvgIpc) is 2.82. The van der Waals surface area contributed by atoms with Crippen LogP contribution in [0.15, 0.2) is 37.1 Å². The van der Waals surface area contributed by atoms with Crippen LogP contribution in [0.1, 0.15) is 16.8 Å². The Bertz CT molecular complexity index is 548. The highest BCUT2D eigenvalue weighted by Gasteiger charge is 2.10. The van der Waals surface area contributed by atoms with Crippen molar-refractivity contribution in [3.05, 3.63) is 42.6 Å². The third-order valence-corrected chi connectivity index (χ3v) is 2.17. The Morgan fingerprint density at radius 1 is 1.35 bits per heavy atom. The summed E-state index contributed by atoms with van der Waals surface area (Å²) in [5.74, 6) is -0.393. The first-order valence-electron chi connectivity index (χ1n) is 4.92. The molecular formula is C11H10N4O2. The van der Waals surface area contributed by atoms with Crippen molar-refractivity contribution in [2.24, 2.45) is 5.73 Å². The summed E-state index contributed by atoms with van der Waals surface area (Å²) in [5, 5.41) is 0. The minimum atomic E-state index is -0.643. The van der Waals surface area contributed by atoms with E-state index < -0.39 is 5.91 Å². The van der Waals surface area contributed by atoms with Crippen molar-refractivity contribution in [2.75, 3.05) is 0 Å². The van der Waals surface area contributed by atoms with E-state index in [0.29, 0.717) is 11.4 Å². The largest absolute Gasteiger partial charge is 0.369 e. The normalized spacial score (nSPS) is 10.1. The topological polar surface area (TPSA) is 90.9 Å². The molecule has 0 aliphatic heterocycles. The van der Waals surface area contributed by atoms with E-state index in [9.17, 15) is 9.59 Å². The molecule has 2 aromatic heterocycles. The maximum atomic E-state index is 11.6. The maximum absolute atomic E-state index is 11.6. The van der Waals surface area contributed by atoms with Gasteiger partial charge in [-0.2, -0.15) is 0 Å². The average molecular weight is 230 g/mol. The number of aromatic nitrogens is 3. The van der Waals surface area contributed by atoms with Gasteiger partial charge in [0, 0.05) is 24.2 Å². The van der Waals surface area contributed by atoms with Crippen LogP contribution in [0, 0.1) is 0 Å². The van der Waals surface area contributed by atoms with Crippen LogP contribution in [0.3, 0.4) is 0 Å². The summed E-state index contributed by atoms with van der Waals surface area (Å²) >= 11 is 0. The fourth-order valence-corrected chi connectivity index (χ4v) is 1.39. The van der Waals surface area contributed by atoms with Gasteiger partial charge in [-0.25, -0.2) is 9.97 Å². The molecular weight excluding hydrogens is 220 g/mol. The first-order valence-corrected chi connectivity index (χ1v) is 4.92. The van der Waals surface area contributed by atoms with Gasteiger partial charge in [0.15, 0.2) is 5.78 Å². The van der Waals surface area contributed by atoms with Gasteiger partial charge in [0.1, 0.15) is 12.1 Å². The number of nitrogens with zero attached hydrogens (tertiary/aromatic N) is 3. The number of primary amides is 1. The number of carbonyl (C=O) groups is 2. The number of amides is 1. The van der Waals surface area contributed by atoms with Crippen molar-refractivity contribution in [3.8, 4) is 5.82 Å². The van der Waals surface area contributed by atoms with Gasteiger partial charge in [-0.05, 0) is 12.1 Å². The summed E-state index contributed by atoms with van der Waals surface area (Å²) < 4.78 is 1.67. The molecule has 0 aliphatic rings. The van der Waals surface area contributed by atoms with Gasteiger partial charge in [-0.3, -0.25) is 14.2 Å². The van der Waals surface area contributed by atoms with E-state index in [4.69, 9.17) is 5.73 Å². The highest BCUT2D eigenvalue weighted by molar-refractivity contribution is 6.07. The molecule has 0 aliphatic carbocycles. The number of rotatable bonds is 4. The number of carbonyl (C=O) groups excluding carboxylic acids is 2. The van der Waals surface area contributed by atoms with Crippen LogP contribution in [0.4, 0.5) is 0 Å². The minimum Gasteiger partial charge on any atom is -0.369 e. The predicted octanol–water partition coefficient (Wildman–Crippen LogP) is 0.325. The lowest BCUT2D eigenvalue weighted by Crippen LogP contribution is -2.16. The zero-order chi connectivity index (χ0) is 12.3. The molecule has 0 spiro atoms. The molecule has 0 saturated carbocycles. The van der Waals surface area contributed by atoms with Crippen molar-refractivity contribution >= 4 is 11.7 Å². The zero-order valence-electron chi connectivity index (χ0n) is 8.91. The van der Waals surface area contributed by atoms with Gasteiger partial charge < -0.3 is 5.73 Å². The lowest BCUT2D eigenvalue weighted by Gasteiger charge is -2.03. The minimum absolute atomic E-state index is 0.298. The van der Waals surface area contributed by atoms with Crippen molar-refractivity contribution in [3.63, 3.8) is 0 Å². The summed E-state index contributed by atoms with van der Waals surface area (Å²) in [5.41, 5.74) is 5.38. The Labute approximate surface area is 97.1 Å². The van der Waals surface area contributed by atoms with Gasteiger partial charge in [-0.15, -0.1) is 0 Å². The molecule has 2 rings (SSSR count). The zero-order valence-corrected chi connectivity index (χ0v) is 8.91. The summed E-state index contributed by atoms with van der Waals surface area (Å²) in [4.78, 5) is 30.3. The van der Waals surface area contributed by atoms with E-state index in [1.807, 2.05) is 0 Å². The number of Topliss-reactive ketones (excluding diaryl/α,β-unsaturated/α-hetero) is 1. The van der Waals surface area contributed by atoms with Crippen LogP contribution in [0.25, 0.3) is 5.82 Å². The summed E-state index contributed by atoms with van der Waals surface area (Å²) in [6.07, 6.45) is 6.10. The molecule has 0 aromatic carbocycles. The molecule has 2 aromatic rings. The highest BCUT2D eigenvalue weighted by atomic mass is 16.2. The van der Waals surface area contributed by atoms with Crippen LogP contribution in [0.2, 0.25) is 0 Å². The lowest BCUT2D eigenvalue weighted by atomic mass is 10.1. The van der Waals surface area contributed by atoms with E-state index >= 15 is 0 Å². The second-order valence-electron chi connectivity index (χ2n) is 3.44. The van der Waals surface area contributed by atoms with Crippen molar-refractivity contribution in [2.45, 2.75) is 6.42 Å². The Hall–Kier alpha value is -2.50. The number of nitrogens with two attached hydrogens (primary N) is 1. The third kappa shape index (κ3) is 2.54. The molecule has 2 heterocycles. The molecule has 0 atom stereocenters. The van der Waals surface area contributed by atoms with Gasteiger partial charge >= 0.3 is 0 Å². The predicted molar refractivity (Wildman–Crippen MR) is 59.5 cm³/mol. The van der Waals surface area contributed by atoms with Crippen LogP contribution < -0.4 is 5.73 Å². The molecule has 86 valence electrons. The Balaban J connectivity index is 2.29. The molecule has 0 saturated heterocycles. The summed E-state index contributed by atoms with van der Waals surface area (Å²) in [6, 6.07) is 3.14. The fourth-order valence-electron chi connectivity index (χ4n) is 1.39. The molecule has 0 fully saturated rings. The summed E-state index contributed by atoms with van der Waals surface area (Å²) in [7, 11) is 0. The first-order chi connectivity index (χ1) is 8.16. The molecule has 0 unspecified atom stereocenters. The quantitative estimate of drug-likeness (QED) is 0.605. The number of imidazole rings is 1. The smallest absolute Gasteiger partial charge is 0.225 e. The molecule has 1 amide bonds. The van der Waals surface area contributed by atoms with Gasteiger partial charge in [0.25, 0.3) is 0 Å². The molecule has 2 N–H and O–H groups in total. The molecule has 17 heavy (non-hydrogen) atoms. The molecule has 6 nitrogen and oxygen atoms in total. The van der Waals surface area contributed by atoms with E-state index in [0.717, 1.165) is 0 Å². The Kier molecular flexibility index (Phi) is 2.95. The van der Waals surface area contributed by atoms with Gasteiger partial charge in [0.2, 0.25) is 5.91 Å². The number of ketones is 1. The monoisotopic (exact) mass is 230 g/mol. The van der Waals surface area contributed by atoms with Crippen LogP contribution in [0.5, 0.6) is 0 Å². The second-order valence-corrected chi connectivity index (χ2v) is 3.44. The van der Waals surface area contributed by atoms with Crippen LogP contribution >= 0.6 is 0 Å². The van der Waals surface area contributed by atoms with E-state index in [1.54, 1.807) is 35.4 Å². The van der Waals surface area contributed by atoms with E-state index in [1.165, 1.54) is 6.20 Å². The van der Waals surface area contributed by atoms with Crippen LogP contribution in [-0.2, 0) is 4.79 Å². The first kappa shape index (κ1) is 11.0. The number of hydrogen-bond donors (Lipinski definition) is 1. The molecule has 0 bridgehead atoms. The van der Waals surface area contributed by atoms with Crippen molar-refractivity contribution < 1.29 is 9.59 Å². The second kappa shape index (κ2) is 4.56. The maximum Gasteiger partial charge on any atom is 0.225 e. The SMILES string of the molecule is NC(=O)CC(=O)c1ccnc(-n2ccnc2)c1. The van der Waals surface area contributed by atoms with Crippen LogP contribution in [-0.4, -0.2) is 26.2 Å². The van der Waals surface area contributed by atoms with Gasteiger partial charge in [-0.1, -0.05) is 0 Å². The standard InChI is InChI=1S/C11H10N4O2/c12-10(17)6-9(16)8-1-2-14-11(5-8)15-4-3-13-7-15/h1-5,7H,6H2,(H2,12,17). The van der Waals surface area contributed by atoms with Gasteiger partial charge in [0.05, 0.1) is 6.42 Å². The molecule has 0 radical (unpaired) electrons.